The third-order valence-corrected chi connectivity index (χ3v) is 6.94. The Labute approximate surface area is 210 Å². The van der Waals surface area contributed by atoms with Gasteiger partial charge in [-0.3, -0.25) is 9.36 Å². The Bertz CT molecular complexity index is 1570. The van der Waals surface area contributed by atoms with Crippen LogP contribution in [0.15, 0.2) is 57.5 Å². The SMILES string of the molecule is CCOC(=O)C1=C(C)N=c2s/c(=C/c3cc(OC)ccc3OC)c(=O)n2C1c1ccc2c(c1)OCO2. The lowest BCUT2D eigenvalue weighted by atomic mass is 9.95. The predicted molar refractivity (Wildman–Crippen MR) is 133 cm³/mol. The van der Waals surface area contributed by atoms with Gasteiger partial charge in [-0.1, -0.05) is 17.4 Å². The molecular formula is C26H24N2O7S. The molecule has 1 unspecified atom stereocenters. The molecule has 3 heterocycles. The predicted octanol–water partition coefficient (Wildman–Crippen LogP) is 2.54. The van der Waals surface area contributed by atoms with E-state index in [9.17, 15) is 9.59 Å². The number of fused-ring (bicyclic) bond motifs is 2. The van der Waals surface area contributed by atoms with Crippen molar-refractivity contribution < 1.29 is 28.5 Å². The normalized spacial score (nSPS) is 16.4. The number of rotatable bonds is 6. The zero-order valence-corrected chi connectivity index (χ0v) is 21.0. The fourth-order valence-electron chi connectivity index (χ4n) is 4.28. The molecular weight excluding hydrogens is 484 g/mol. The second-order valence-corrected chi connectivity index (χ2v) is 9.03. The van der Waals surface area contributed by atoms with Gasteiger partial charge in [0.1, 0.15) is 11.5 Å². The van der Waals surface area contributed by atoms with Gasteiger partial charge in [0, 0.05) is 5.56 Å². The molecule has 0 aliphatic carbocycles. The zero-order valence-electron chi connectivity index (χ0n) is 20.2. The van der Waals surface area contributed by atoms with Gasteiger partial charge in [0.2, 0.25) is 6.79 Å². The molecule has 0 fully saturated rings. The minimum absolute atomic E-state index is 0.115. The number of carbonyl (C=O) groups is 1. The Balaban J connectivity index is 1.73. The number of thiazole rings is 1. The van der Waals surface area contributed by atoms with E-state index in [1.807, 2.05) is 6.07 Å². The van der Waals surface area contributed by atoms with Crippen molar-refractivity contribution in [1.29, 1.82) is 0 Å². The van der Waals surface area contributed by atoms with Gasteiger partial charge in [0.15, 0.2) is 16.3 Å². The highest BCUT2D eigenvalue weighted by Crippen LogP contribution is 2.38. The molecule has 5 rings (SSSR count). The number of methoxy groups -OCH3 is 2. The summed E-state index contributed by atoms with van der Waals surface area (Å²) in [7, 11) is 3.14. The number of esters is 1. The van der Waals surface area contributed by atoms with Crippen molar-refractivity contribution in [2.24, 2.45) is 4.99 Å². The van der Waals surface area contributed by atoms with Crippen LogP contribution >= 0.6 is 11.3 Å². The molecule has 1 aromatic heterocycles. The summed E-state index contributed by atoms with van der Waals surface area (Å²) >= 11 is 1.23. The first-order valence-electron chi connectivity index (χ1n) is 11.3. The van der Waals surface area contributed by atoms with Gasteiger partial charge < -0.3 is 23.7 Å². The molecule has 2 aliphatic heterocycles. The quantitative estimate of drug-likeness (QED) is 0.472. The second-order valence-electron chi connectivity index (χ2n) is 8.02. The maximum atomic E-state index is 13.8. The monoisotopic (exact) mass is 508 g/mol. The molecule has 0 saturated carbocycles. The van der Waals surface area contributed by atoms with Crippen molar-refractivity contribution in [3.8, 4) is 23.0 Å². The van der Waals surface area contributed by atoms with E-state index in [-0.39, 0.29) is 19.0 Å². The number of carbonyl (C=O) groups excluding carboxylic acids is 1. The van der Waals surface area contributed by atoms with Gasteiger partial charge in [0.05, 0.1) is 42.7 Å². The van der Waals surface area contributed by atoms with Gasteiger partial charge in [0.25, 0.3) is 5.56 Å². The summed E-state index contributed by atoms with van der Waals surface area (Å²) in [4.78, 5) is 31.9. The molecule has 2 aliphatic rings. The number of aromatic nitrogens is 1. The number of hydrogen-bond acceptors (Lipinski definition) is 9. The molecule has 2 aromatic carbocycles. The van der Waals surface area contributed by atoms with Gasteiger partial charge in [-0.05, 0) is 55.8 Å². The minimum Gasteiger partial charge on any atom is -0.497 e. The molecule has 0 saturated heterocycles. The molecule has 9 nitrogen and oxygen atoms in total. The highest BCUT2D eigenvalue weighted by molar-refractivity contribution is 7.07. The zero-order chi connectivity index (χ0) is 25.4. The summed E-state index contributed by atoms with van der Waals surface area (Å²) in [5.41, 5.74) is 1.86. The van der Waals surface area contributed by atoms with Crippen LogP contribution in [0.1, 0.15) is 31.0 Å². The van der Waals surface area contributed by atoms with Crippen molar-refractivity contribution >= 4 is 23.4 Å². The lowest BCUT2D eigenvalue weighted by molar-refractivity contribution is -0.139. The van der Waals surface area contributed by atoms with Gasteiger partial charge in [-0.2, -0.15) is 0 Å². The van der Waals surface area contributed by atoms with E-state index >= 15 is 0 Å². The molecule has 0 radical (unpaired) electrons. The van der Waals surface area contributed by atoms with Crippen LogP contribution in [0.25, 0.3) is 6.08 Å². The van der Waals surface area contributed by atoms with Crippen molar-refractivity contribution in [1.82, 2.24) is 4.57 Å². The van der Waals surface area contributed by atoms with Crippen molar-refractivity contribution in [2.45, 2.75) is 19.9 Å². The first kappa shape index (κ1) is 23.7. The maximum absolute atomic E-state index is 13.8. The molecule has 0 amide bonds. The standard InChI is InChI=1S/C26H24N2O7S/c1-5-33-25(30)22-14(2)27-26-28(23(22)15-6-8-19-20(11-15)35-13-34-19)24(29)21(36-26)12-16-10-17(31-3)7-9-18(16)32-4/h6-12,23H,5,13H2,1-4H3/b21-12+. The summed E-state index contributed by atoms with van der Waals surface area (Å²) in [6.07, 6.45) is 1.74. The van der Waals surface area contributed by atoms with Crippen LogP contribution in [0.2, 0.25) is 0 Å². The third kappa shape index (κ3) is 4.03. The van der Waals surface area contributed by atoms with Crippen LogP contribution in [0.5, 0.6) is 23.0 Å². The number of allylic oxidation sites excluding steroid dienone is 1. The van der Waals surface area contributed by atoms with Crippen molar-refractivity contribution in [3.63, 3.8) is 0 Å². The Morgan fingerprint density at radius 1 is 1.17 bits per heavy atom. The molecule has 0 N–H and O–H groups in total. The van der Waals surface area contributed by atoms with Crippen molar-refractivity contribution in [2.75, 3.05) is 27.6 Å². The molecule has 186 valence electrons. The largest absolute Gasteiger partial charge is 0.497 e. The van der Waals surface area contributed by atoms with Crippen molar-refractivity contribution in [3.05, 3.63) is 78.5 Å². The molecule has 1 atom stereocenters. The summed E-state index contributed by atoms with van der Waals surface area (Å²) < 4.78 is 29.1. The number of benzene rings is 2. The van der Waals surface area contributed by atoms with E-state index in [0.29, 0.717) is 54.7 Å². The lowest BCUT2D eigenvalue weighted by Gasteiger charge is -2.24. The van der Waals surface area contributed by atoms with Crippen LogP contribution in [0.4, 0.5) is 0 Å². The summed E-state index contributed by atoms with van der Waals surface area (Å²) in [5.74, 6) is 1.86. The molecule has 36 heavy (non-hydrogen) atoms. The Morgan fingerprint density at radius 2 is 1.97 bits per heavy atom. The summed E-state index contributed by atoms with van der Waals surface area (Å²) in [6, 6.07) is 9.98. The van der Waals surface area contributed by atoms with Crippen LogP contribution in [-0.4, -0.2) is 38.2 Å². The summed E-state index contributed by atoms with van der Waals surface area (Å²) in [5, 5.41) is 0. The van der Waals surface area contributed by atoms with Gasteiger partial charge >= 0.3 is 5.97 Å². The topological polar surface area (TPSA) is 97.6 Å². The highest BCUT2D eigenvalue weighted by atomic mass is 32.1. The Hall–Kier alpha value is -4.05. The van der Waals surface area contributed by atoms with Crippen LogP contribution in [0, 0.1) is 0 Å². The third-order valence-electron chi connectivity index (χ3n) is 5.95. The molecule has 10 heteroatoms. The van der Waals surface area contributed by atoms with Gasteiger partial charge in [-0.15, -0.1) is 0 Å². The first-order valence-corrected chi connectivity index (χ1v) is 12.1. The minimum atomic E-state index is -0.746. The number of nitrogens with zero attached hydrogens (tertiary/aromatic N) is 2. The fraction of sp³-hybridized carbons (Fsp3) is 0.269. The van der Waals surface area contributed by atoms with E-state index in [2.05, 4.69) is 4.99 Å². The number of ether oxygens (including phenoxy) is 5. The van der Waals surface area contributed by atoms with E-state index in [0.717, 1.165) is 0 Å². The summed E-state index contributed by atoms with van der Waals surface area (Å²) in [6.45, 7) is 3.79. The smallest absolute Gasteiger partial charge is 0.338 e. The average molecular weight is 509 g/mol. The highest BCUT2D eigenvalue weighted by Gasteiger charge is 2.34. The first-order chi connectivity index (χ1) is 17.4. The molecule has 3 aromatic rings. The van der Waals surface area contributed by atoms with Gasteiger partial charge in [-0.25, -0.2) is 9.79 Å². The molecule has 0 bridgehead atoms. The lowest BCUT2D eigenvalue weighted by Crippen LogP contribution is -2.39. The van der Waals surface area contributed by atoms with E-state index < -0.39 is 12.0 Å². The number of hydrogen-bond donors (Lipinski definition) is 0. The van der Waals surface area contributed by atoms with E-state index in [1.54, 1.807) is 64.5 Å². The average Bonchev–Trinajstić information content (AvgIpc) is 3.47. The Morgan fingerprint density at radius 3 is 2.72 bits per heavy atom. The van der Waals surface area contributed by atoms with Crippen LogP contribution in [0.3, 0.4) is 0 Å². The van der Waals surface area contributed by atoms with E-state index in [1.165, 1.54) is 15.9 Å². The maximum Gasteiger partial charge on any atom is 0.338 e. The fourth-order valence-corrected chi connectivity index (χ4v) is 5.32. The second kappa shape index (κ2) is 9.54. The van der Waals surface area contributed by atoms with Crippen LogP contribution < -0.4 is 33.8 Å². The van der Waals surface area contributed by atoms with E-state index in [4.69, 9.17) is 23.7 Å². The molecule has 0 spiro atoms. The Kier molecular flexibility index (Phi) is 6.27. The van der Waals surface area contributed by atoms with Crippen LogP contribution in [-0.2, 0) is 9.53 Å².